The minimum atomic E-state index is 0.681. The molecule has 0 aliphatic carbocycles. The van der Waals surface area contributed by atoms with Gasteiger partial charge in [-0.05, 0) is 56.7 Å². The van der Waals surface area contributed by atoms with Crippen LogP contribution < -0.4 is 10.2 Å². The minimum Gasteiger partial charge on any atom is -0.370 e. The second-order valence-electron chi connectivity index (χ2n) is 6.63. The maximum atomic E-state index is 3.73. The van der Waals surface area contributed by atoms with Crippen molar-refractivity contribution in [3.63, 3.8) is 0 Å². The second kappa shape index (κ2) is 6.17. The molecule has 3 rings (SSSR count). The van der Waals surface area contributed by atoms with E-state index in [0.29, 0.717) is 6.04 Å². The third-order valence-corrected chi connectivity index (χ3v) is 5.07. The molecule has 0 bridgehead atoms. The Hall–Kier alpha value is -1.02. The van der Waals surface area contributed by atoms with Crippen molar-refractivity contribution in [2.75, 3.05) is 24.5 Å². The number of benzene rings is 1. The van der Waals surface area contributed by atoms with E-state index in [0.717, 1.165) is 5.92 Å². The predicted octanol–water partition coefficient (Wildman–Crippen LogP) is 3.53. The lowest BCUT2D eigenvalue weighted by atomic mass is 9.89. The smallest absolute Gasteiger partial charge is 0.0399 e. The van der Waals surface area contributed by atoms with Crippen molar-refractivity contribution >= 4 is 5.69 Å². The SMILES string of the molecule is CCC1CCNC(CN2CCCc3cc(C)ccc32)C1. The molecule has 2 nitrogen and oxygen atoms in total. The third-order valence-electron chi connectivity index (χ3n) is 5.07. The first-order valence-electron chi connectivity index (χ1n) is 8.34. The van der Waals surface area contributed by atoms with Gasteiger partial charge in [-0.2, -0.15) is 0 Å². The van der Waals surface area contributed by atoms with E-state index in [1.165, 1.54) is 63.0 Å². The van der Waals surface area contributed by atoms with Crippen LogP contribution in [0.25, 0.3) is 0 Å². The summed E-state index contributed by atoms with van der Waals surface area (Å²) in [5, 5.41) is 3.73. The van der Waals surface area contributed by atoms with Crippen molar-refractivity contribution in [1.29, 1.82) is 0 Å². The summed E-state index contributed by atoms with van der Waals surface area (Å²) >= 11 is 0. The Labute approximate surface area is 123 Å². The minimum absolute atomic E-state index is 0.681. The van der Waals surface area contributed by atoms with Crippen LogP contribution in [-0.2, 0) is 6.42 Å². The molecule has 2 aliphatic rings. The molecule has 2 aliphatic heterocycles. The van der Waals surface area contributed by atoms with Crippen LogP contribution in [0.15, 0.2) is 18.2 Å². The number of aryl methyl sites for hydroxylation is 2. The first kappa shape index (κ1) is 13.9. The van der Waals surface area contributed by atoms with Crippen molar-refractivity contribution in [2.24, 2.45) is 5.92 Å². The van der Waals surface area contributed by atoms with Gasteiger partial charge in [0.25, 0.3) is 0 Å². The summed E-state index contributed by atoms with van der Waals surface area (Å²) in [4.78, 5) is 2.62. The standard InChI is InChI=1S/C18H28N2/c1-3-15-8-9-19-17(12-15)13-20-10-4-5-16-11-14(2)6-7-18(16)20/h6-7,11,15,17,19H,3-5,8-10,12-13H2,1-2H3. The van der Waals surface area contributed by atoms with E-state index in [1.54, 1.807) is 5.56 Å². The van der Waals surface area contributed by atoms with E-state index in [1.807, 2.05) is 0 Å². The molecule has 0 saturated carbocycles. The molecular weight excluding hydrogens is 244 g/mol. The normalized spacial score (nSPS) is 26.4. The number of nitrogens with zero attached hydrogens (tertiary/aromatic N) is 1. The van der Waals surface area contributed by atoms with Gasteiger partial charge in [-0.3, -0.25) is 0 Å². The highest BCUT2D eigenvalue weighted by atomic mass is 15.2. The number of piperidine rings is 1. The molecule has 0 spiro atoms. The Morgan fingerprint density at radius 2 is 2.25 bits per heavy atom. The fraction of sp³-hybridized carbons (Fsp3) is 0.667. The average molecular weight is 272 g/mol. The van der Waals surface area contributed by atoms with Crippen LogP contribution in [0.5, 0.6) is 0 Å². The van der Waals surface area contributed by atoms with Gasteiger partial charge in [0, 0.05) is 24.8 Å². The number of hydrogen-bond acceptors (Lipinski definition) is 2. The Morgan fingerprint density at radius 3 is 3.10 bits per heavy atom. The molecule has 0 aromatic heterocycles. The zero-order valence-corrected chi connectivity index (χ0v) is 13.0. The van der Waals surface area contributed by atoms with Gasteiger partial charge in [0.2, 0.25) is 0 Å². The van der Waals surface area contributed by atoms with Gasteiger partial charge >= 0.3 is 0 Å². The summed E-state index contributed by atoms with van der Waals surface area (Å²) in [6, 6.07) is 7.66. The molecular formula is C18H28N2. The maximum absolute atomic E-state index is 3.73. The first-order chi connectivity index (χ1) is 9.76. The fourth-order valence-corrected chi connectivity index (χ4v) is 3.86. The summed E-state index contributed by atoms with van der Waals surface area (Å²) in [7, 11) is 0. The maximum Gasteiger partial charge on any atom is 0.0399 e. The first-order valence-corrected chi connectivity index (χ1v) is 8.34. The molecule has 2 heterocycles. The van der Waals surface area contributed by atoms with Gasteiger partial charge in [-0.1, -0.05) is 31.0 Å². The van der Waals surface area contributed by atoms with E-state index in [4.69, 9.17) is 0 Å². The Balaban J connectivity index is 1.70. The zero-order valence-electron chi connectivity index (χ0n) is 13.0. The van der Waals surface area contributed by atoms with Gasteiger partial charge in [-0.15, -0.1) is 0 Å². The topological polar surface area (TPSA) is 15.3 Å². The van der Waals surface area contributed by atoms with Crippen LogP contribution in [0.3, 0.4) is 0 Å². The van der Waals surface area contributed by atoms with E-state index in [9.17, 15) is 0 Å². The highest BCUT2D eigenvalue weighted by Gasteiger charge is 2.24. The number of hydrogen-bond donors (Lipinski definition) is 1. The predicted molar refractivity (Wildman–Crippen MR) is 86.5 cm³/mol. The van der Waals surface area contributed by atoms with Crippen LogP contribution >= 0.6 is 0 Å². The lowest BCUT2D eigenvalue weighted by molar-refractivity contribution is 0.295. The van der Waals surface area contributed by atoms with Gasteiger partial charge in [0.15, 0.2) is 0 Å². The van der Waals surface area contributed by atoms with Gasteiger partial charge < -0.3 is 10.2 Å². The molecule has 1 aromatic rings. The molecule has 1 fully saturated rings. The van der Waals surface area contributed by atoms with Crippen LogP contribution in [0, 0.1) is 12.8 Å². The highest BCUT2D eigenvalue weighted by Crippen LogP contribution is 2.29. The number of rotatable bonds is 3. The number of nitrogens with one attached hydrogen (secondary N) is 1. The van der Waals surface area contributed by atoms with E-state index < -0.39 is 0 Å². The number of fused-ring (bicyclic) bond motifs is 1. The van der Waals surface area contributed by atoms with Crippen molar-refractivity contribution < 1.29 is 0 Å². The fourth-order valence-electron chi connectivity index (χ4n) is 3.86. The molecule has 2 unspecified atom stereocenters. The summed E-state index contributed by atoms with van der Waals surface area (Å²) in [6.45, 7) is 8.16. The van der Waals surface area contributed by atoms with E-state index >= 15 is 0 Å². The van der Waals surface area contributed by atoms with Crippen molar-refractivity contribution in [2.45, 2.75) is 52.0 Å². The summed E-state index contributed by atoms with van der Waals surface area (Å²) in [6.07, 6.45) is 6.62. The summed E-state index contributed by atoms with van der Waals surface area (Å²) < 4.78 is 0. The molecule has 20 heavy (non-hydrogen) atoms. The monoisotopic (exact) mass is 272 g/mol. The zero-order chi connectivity index (χ0) is 13.9. The average Bonchev–Trinajstić information content (AvgIpc) is 2.47. The molecule has 1 aromatic carbocycles. The molecule has 0 radical (unpaired) electrons. The number of anilines is 1. The van der Waals surface area contributed by atoms with Gasteiger partial charge in [0.1, 0.15) is 0 Å². The van der Waals surface area contributed by atoms with Crippen molar-refractivity contribution in [1.82, 2.24) is 5.32 Å². The largest absolute Gasteiger partial charge is 0.370 e. The van der Waals surface area contributed by atoms with Crippen molar-refractivity contribution in [3.8, 4) is 0 Å². The van der Waals surface area contributed by atoms with Crippen LogP contribution in [0.2, 0.25) is 0 Å². The Bertz CT molecular complexity index is 455. The van der Waals surface area contributed by atoms with E-state index in [-0.39, 0.29) is 0 Å². The lowest BCUT2D eigenvalue weighted by Gasteiger charge is -2.37. The quantitative estimate of drug-likeness (QED) is 0.905. The second-order valence-corrected chi connectivity index (χ2v) is 6.63. The van der Waals surface area contributed by atoms with Gasteiger partial charge in [-0.25, -0.2) is 0 Å². The molecule has 0 amide bonds. The van der Waals surface area contributed by atoms with E-state index in [2.05, 4.69) is 42.3 Å². The molecule has 1 saturated heterocycles. The Morgan fingerprint density at radius 1 is 1.35 bits per heavy atom. The third kappa shape index (κ3) is 3.01. The summed E-state index contributed by atoms with van der Waals surface area (Å²) in [5.41, 5.74) is 4.44. The van der Waals surface area contributed by atoms with Crippen LogP contribution in [0.4, 0.5) is 5.69 Å². The van der Waals surface area contributed by atoms with Crippen LogP contribution in [0.1, 0.15) is 43.7 Å². The van der Waals surface area contributed by atoms with Crippen molar-refractivity contribution in [3.05, 3.63) is 29.3 Å². The Kier molecular flexibility index (Phi) is 4.30. The van der Waals surface area contributed by atoms with Crippen LogP contribution in [-0.4, -0.2) is 25.7 Å². The molecule has 110 valence electrons. The summed E-state index contributed by atoms with van der Waals surface area (Å²) in [5.74, 6) is 0.934. The lowest BCUT2D eigenvalue weighted by Crippen LogP contribution is -2.47. The molecule has 1 N–H and O–H groups in total. The molecule has 2 heteroatoms. The molecule has 2 atom stereocenters. The van der Waals surface area contributed by atoms with Gasteiger partial charge in [0.05, 0.1) is 0 Å². The highest BCUT2D eigenvalue weighted by molar-refractivity contribution is 5.56.